The lowest BCUT2D eigenvalue weighted by Gasteiger charge is -2.30. The van der Waals surface area contributed by atoms with Crippen molar-refractivity contribution < 1.29 is 0 Å². The number of rotatable bonds is 7. The largest absolute Gasteiger partial charge is 0.366 e. The van der Waals surface area contributed by atoms with E-state index in [1.165, 1.54) is 36.2 Å². The van der Waals surface area contributed by atoms with E-state index in [1.54, 1.807) is 0 Å². The highest BCUT2D eigenvalue weighted by atomic mass is 15.3. The Morgan fingerprint density at radius 1 is 1.14 bits per heavy atom. The Kier molecular flexibility index (Phi) is 5.35. The molecule has 0 aliphatic carbocycles. The van der Waals surface area contributed by atoms with Crippen molar-refractivity contribution in [2.45, 2.75) is 59.0 Å². The molecule has 1 aliphatic heterocycles. The van der Waals surface area contributed by atoms with E-state index in [9.17, 15) is 0 Å². The molecule has 28 heavy (non-hydrogen) atoms. The summed E-state index contributed by atoms with van der Waals surface area (Å²) in [6.45, 7) is 7.91. The van der Waals surface area contributed by atoms with Crippen molar-refractivity contribution in [2.75, 3.05) is 18.0 Å². The van der Waals surface area contributed by atoms with E-state index in [0.717, 1.165) is 61.4 Å². The third-order valence-electron chi connectivity index (χ3n) is 5.81. The van der Waals surface area contributed by atoms with Crippen LogP contribution in [0, 0.1) is 13.8 Å². The number of hydrogen-bond acceptors (Lipinski definition) is 5. The fraction of sp³-hybridized carbons (Fsp3) is 0.571. The van der Waals surface area contributed by atoms with Crippen LogP contribution >= 0.6 is 0 Å². The topological polar surface area (TPSA) is 77.8 Å². The Balaban J connectivity index is 1.54. The zero-order valence-electron chi connectivity index (χ0n) is 17.3. The average molecular weight is 382 g/mol. The molecule has 0 saturated carbocycles. The number of aryl methyl sites for hydroxylation is 4. The lowest BCUT2D eigenvalue weighted by atomic mass is 10.0. The molecule has 1 aliphatic rings. The van der Waals surface area contributed by atoms with Gasteiger partial charge in [-0.3, -0.25) is 9.36 Å². The van der Waals surface area contributed by atoms with Crippen LogP contribution in [-0.4, -0.2) is 37.6 Å². The number of anilines is 1. The zero-order chi connectivity index (χ0) is 19.7. The van der Waals surface area contributed by atoms with E-state index in [0.29, 0.717) is 0 Å². The van der Waals surface area contributed by atoms with Crippen molar-refractivity contribution in [3.8, 4) is 0 Å². The van der Waals surface area contributed by atoms with Crippen molar-refractivity contribution >= 4 is 16.7 Å². The molecule has 0 saturated heterocycles. The first kappa shape index (κ1) is 18.9. The summed E-state index contributed by atoms with van der Waals surface area (Å²) in [6, 6.07) is 2.19. The molecule has 0 radical (unpaired) electrons. The molecule has 0 fully saturated rings. The van der Waals surface area contributed by atoms with Gasteiger partial charge in [0.2, 0.25) is 0 Å². The smallest absolute Gasteiger partial charge is 0.159 e. The predicted molar refractivity (Wildman–Crippen MR) is 112 cm³/mol. The van der Waals surface area contributed by atoms with Gasteiger partial charge in [-0.2, -0.15) is 10.2 Å². The first-order valence-electron chi connectivity index (χ1n) is 10.4. The van der Waals surface area contributed by atoms with Gasteiger partial charge in [-0.25, -0.2) is 4.98 Å². The van der Waals surface area contributed by atoms with Gasteiger partial charge in [-0.05, 0) is 39.3 Å². The maximum atomic E-state index is 5.59. The molecule has 4 heterocycles. The van der Waals surface area contributed by atoms with E-state index in [4.69, 9.17) is 10.8 Å². The summed E-state index contributed by atoms with van der Waals surface area (Å²) in [5, 5.41) is 10.4. The van der Waals surface area contributed by atoms with E-state index >= 15 is 0 Å². The van der Waals surface area contributed by atoms with Gasteiger partial charge >= 0.3 is 0 Å². The van der Waals surface area contributed by atoms with Crippen LogP contribution in [-0.2, 0) is 26.6 Å². The number of unbranched alkanes of at least 4 members (excludes halogenated alkanes) is 3. The third-order valence-corrected chi connectivity index (χ3v) is 5.81. The number of pyridine rings is 1. The molecule has 0 aromatic carbocycles. The predicted octanol–water partition coefficient (Wildman–Crippen LogP) is 2.86. The number of aromatic nitrogens is 5. The third kappa shape index (κ3) is 3.51. The Labute approximate surface area is 166 Å². The van der Waals surface area contributed by atoms with E-state index in [1.807, 2.05) is 17.9 Å². The monoisotopic (exact) mass is 381 g/mol. The van der Waals surface area contributed by atoms with Crippen LogP contribution in [0.15, 0.2) is 12.3 Å². The maximum absolute atomic E-state index is 5.59. The molecule has 0 bridgehead atoms. The molecule has 4 rings (SSSR count). The second-order valence-corrected chi connectivity index (χ2v) is 7.90. The van der Waals surface area contributed by atoms with Gasteiger partial charge in [0.25, 0.3) is 0 Å². The minimum absolute atomic E-state index is 0.796. The normalized spacial score (nSPS) is 14.1. The van der Waals surface area contributed by atoms with Gasteiger partial charge < -0.3 is 10.6 Å². The van der Waals surface area contributed by atoms with Gasteiger partial charge in [0, 0.05) is 50.1 Å². The molecular formula is C21H31N7. The highest BCUT2D eigenvalue weighted by Gasteiger charge is 2.25. The first-order valence-corrected chi connectivity index (χ1v) is 10.4. The second kappa shape index (κ2) is 7.91. The zero-order valence-corrected chi connectivity index (χ0v) is 17.3. The second-order valence-electron chi connectivity index (χ2n) is 7.90. The molecule has 0 amide bonds. The molecule has 7 nitrogen and oxygen atoms in total. The Hall–Kier alpha value is -2.41. The number of nitrogens with zero attached hydrogens (tertiary/aromatic N) is 6. The summed E-state index contributed by atoms with van der Waals surface area (Å²) < 4.78 is 4.11. The van der Waals surface area contributed by atoms with Crippen LogP contribution in [0.3, 0.4) is 0 Å². The van der Waals surface area contributed by atoms with Gasteiger partial charge in [0.15, 0.2) is 5.65 Å². The van der Waals surface area contributed by atoms with Crippen LogP contribution in [0.25, 0.3) is 11.0 Å². The van der Waals surface area contributed by atoms with Crippen LogP contribution in [0.2, 0.25) is 0 Å². The van der Waals surface area contributed by atoms with E-state index < -0.39 is 0 Å². The highest BCUT2D eigenvalue weighted by molar-refractivity contribution is 5.89. The van der Waals surface area contributed by atoms with Crippen molar-refractivity contribution in [3.63, 3.8) is 0 Å². The minimum atomic E-state index is 0.796. The standard InChI is InChI=1S/C21H31N7/c1-15-12-20(17-13-23-26(3)21(17)24-15)27-11-8-19-18(14-27)16(2)25-28(19)10-7-5-4-6-9-22/h12-13H,4-11,14,22H2,1-3H3. The van der Waals surface area contributed by atoms with Crippen LogP contribution in [0.5, 0.6) is 0 Å². The van der Waals surface area contributed by atoms with Crippen molar-refractivity contribution in [1.29, 1.82) is 0 Å². The molecular weight excluding hydrogens is 350 g/mol. The van der Waals surface area contributed by atoms with Gasteiger partial charge in [-0.1, -0.05) is 12.8 Å². The highest BCUT2D eigenvalue weighted by Crippen LogP contribution is 2.32. The van der Waals surface area contributed by atoms with Crippen molar-refractivity contribution in [3.05, 3.63) is 34.9 Å². The molecule has 3 aromatic rings. The fourth-order valence-corrected chi connectivity index (χ4v) is 4.29. The summed E-state index contributed by atoms with van der Waals surface area (Å²) in [5.74, 6) is 0. The number of fused-ring (bicyclic) bond motifs is 2. The summed E-state index contributed by atoms with van der Waals surface area (Å²) in [5.41, 5.74) is 12.8. The van der Waals surface area contributed by atoms with Gasteiger partial charge in [0.1, 0.15) is 0 Å². The van der Waals surface area contributed by atoms with Crippen LogP contribution in [0.4, 0.5) is 5.69 Å². The molecule has 150 valence electrons. The Morgan fingerprint density at radius 2 is 1.96 bits per heavy atom. The Bertz CT molecular complexity index is 969. The molecule has 0 atom stereocenters. The van der Waals surface area contributed by atoms with Crippen molar-refractivity contribution in [1.82, 2.24) is 24.5 Å². The first-order chi connectivity index (χ1) is 13.6. The molecule has 3 aromatic heterocycles. The molecule has 0 unspecified atom stereocenters. The van der Waals surface area contributed by atoms with E-state index in [-0.39, 0.29) is 0 Å². The molecule has 7 heteroatoms. The number of hydrogen-bond donors (Lipinski definition) is 1. The minimum Gasteiger partial charge on any atom is -0.366 e. The lowest BCUT2D eigenvalue weighted by Crippen LogP contribution is -2.31. The summed E-state index contributed by atoms with van der Waals surface area (Å²) in [6.07, 6.45) is 7.71. The number of nitrogens with two attached hydrogens (primary N) is 1. The fourth-order valence-electron chi connectivity index (χ4n) is 4.29. The average Bonchev–Trinajstić information content (AvgIpc) is 3.21. The maximum Gasteiger partial charge on any atom is 0.159 e. The molecule has 0 spiro atoms. The summed E-state index contributed by atoms with van der Waals surface area (Å²) in [7, 11) is 1.95. The van der Waals surface area contributed by atoms with Crippen molar-refractivity contribution in [2.24, 2.45) is 12.8 Å². The van der Waals surface area contributed by atoms with Crippen LogP contribution < -0.4 is 10.6 Å². The van der Waals surface area contributed by atoms with Crippen LogP contribution in [0.1, 0.15) is 48.3 Å². The lowest BCUT2D eigenvalue weighted by molar-refractivity contribution is 0.513. The Morgan fingerprint density at radius 3 is 2.79 bits per heavy atom. The van der Waals surface area contributed by atoms with Gasteiger partial charge in [-0.15, -0.1) is 0 Å². The molecule has 2 N–H and O–H groups in total. The quantitative estimate of drug-likeness (QED) is 0.637. The van der Waals surface area contributed by atoms with Gasteiger partial charge in [0.05, 0.1) is 23.0 Å². The van der Waals surface area contributed by atoms with E-state index in [2.05, 4.69) is 39.6 Å². The summed E-state index contributed by atoms with van der Waals surface area (Å²) in [4.78, 5) is 7.12. The SMILES string of the molecule is Cc1cc(N2CCc3c(c(C)nn3CCCCCCN)C2)c2cnn(C)c2n1. The summed E-state index contributed by atoms with van der Waals surface area (Å²) >= 11 is 0.